The molecule has 5 rings (SSSR count). The topological polar surface area (TPSA) is 50.7 Å². The van der Waals surface area contributed by atoms with Crippen LogP contribution >= 0.6 is 0 Å². The van der Waals surface area contributed by atoms with E-state index in [4.69, 9.17) is 9.97 Å². The molecule has 1 saturated carbocycles. The summed E-state index contributed by atoms with van der Waals surface area (Å²) in [7, 11) is 0. The fraction of sp³-hybridized carbons (Fsp3) is 0.222. The van der Waals surface area contributed by atoms with Gasteiger partial charge in [0.2, 0.25) is 0 Å². The van der Waals surface area contributed by atoms with Gasteiger partial charge in [-0.05, 0) is 24.5 Å². The predicted molar refractivity (Wildman–Crippen MR) is 127 cm³/mol. The van der Waals surface area contributed by atoms with Crippen molar-refractivity contribution in [2.75, 3.05) is 5.32 Å². The van der Waals surface area contributed by atoms with Crippen molar-refractivity contribution in [1.82, 2.24) is 15.0 Å². The van der Waals surface area contributed by atoms with Crippen LogP contribution in [-0.4, -0.2) is 21.0 Å². The number of hydrogen-bond donors (Lipinski definition) is 1. The Labute approximate surface area is 183 Å². The molecule has 2 heterocycles. The molecule has 1 N–H and O–H groups in total. The number of pyridine rings is 1. The number of rotatable bonds is 5. The Bertz CT molecular complexity index is 1140. The van der Waals surface area contributed by atoms with Crippen molar-refractivity contribution in [3.8, 4) is 33.8 Å². The molecule has 2 aromatic heterocycles. The zero-order valence-corrected chi connectivity index (χ0v) is 17.5. The van der Waals surface area contributed by atoms with Gasteiger partial charge in [-0.25, -0.2) is 9.97 Å². The zero-order chi connectivity index (χ0) is 20.9. The van der Waals surface area contributed by atoms with E-state index < -0.39 is 0 Å². The third-order valence-corrected chi connectivity index (χ3v) is 5.86. The molecule has 1 aliphatic carbocycles. The first kappa shape index (κ1) is 19.4. The van der Waals surface area contributed by atoms with Crippen LogP contribution in [0.15, 0.2) is 85.2 Å². The quantitative estimate of drug-likeness (QED) is 0.405. The molecule has 154 valence electrons. The molecular weight excluding hydrogens is 380 g/mol. The molecule has 4 aromatic rings. The minimum atomic E-state index is 0.480. The Balaban J connectivity index is 1.55. The van der Waals surface area contributed by atoms with Gasteiger partial charge in [0, 0.05) is 41.2 Å². The Morgan fingerprint density at radius 1 is 0.645 bits per heavy atom. The summed E-state index contributed by atoms with van der Waals surface area (Å²) in [6.45, 7) is 0. The van der Waals surface area contributed by atoms with Gasteiger partial charge in [-0.3, -0.25) is 4.98 Å². The van der Waals surface area contributed by atoms with E-state index in [1.165, 1.54) is 32.1 Å². The summed E-state index contributed by atoms with van der Waals surface area (Å²) in [5.41, 5.74) is 5.13. The molecule has 1 fully saturated rings. The Kier molecular flexibility index (Phi) is 5.70. The minimum Gasteiger partial charge on any atom is -0.367 e. The van der Waals surface area contributed by atoms with E-state index in [9.17, 15) is 0 Å². The van der Waals surface area contributed by atoms with Crippen LogP contribution in [0.2, 0.25) is 0 Å². The second kappa shape index (κ2) is 9.09. The van der Waals surface area contributed by atoms with Crippen molar-refractivity contribution >= 4 is 5.82 Å². The summed E-state index contributed by atoms with van der Waals surface area (Å²) in [5, 5.41) is 3.68. The smallest absolute Gasteiger partial charge is 0.162 e. The predicted octanol–water partition coefficient (Wildman–Crippen LogP) is 6.62. The van der Waals surface area contributed by atoms with Crippen LogP contribution < -0.4 is 5.32 Å². The molecule has 4 nitrogen and oxygen atoms in total. The second-order valence-corrected chi connectivity index (χ2v) is 8.14. The van der Waals surface area contributed by atoms with Crippen LogP contribution in [0.3, 0.4) is 0 Å². The summed E-state index contributed by atoms with van der Waals surface area (Å²) >= 11 is 0. The maximum atomic E-state index is 4.91. The number of nitrogens with zero attached hydrogens (tertiary/aromatic N) is 3. The molecule has 0 saturated heterocycles. The summed E-state index contributed by atoms with van der Waals surface area (Å²) in [5.74, 6) is 1.63. The molecule has 0 radical (unpaired) electrons. The number of nitrogens with one attached hydrogen (secondary N) is 1. The van der Waals surface area contributed by atoms with Gasteiger partial charge in [-0.15, -0.1) is 0 Å². The van der Waals surface area contributed by atoms with Crippen molar-refractivity contribution < 1.29 is 0 Å². The van der Waals surface area contributed by atoms with Gasteiger partial charge in [-0.2, -0.15) is 0 Å². The van der Waals surface area contributed by atoms with Gasteiger partial charge < -0.3 is 5.32 Å². The van der Waals surface area contributed by atoms with Crippen molar-refractivity contribution in [1.29, 1.82) is 0 Å². The molecule has 0 aliphatic heterocycles. The van der Waals surface area contributed by atoms with Crippen molar-refractivity contribution in [2.24, 2.45) is 0 Å². The molecule has 4 heteroatoms. The normalized spacial score (nSPS) is 14.3. The average molecular weight is 407 g/mol. The van der Waals surface area contributed by atoms with E-state index in [2.05, 4.69) is 46.7 Å². The maximum absolute atomic E-state index is 4.91. The highest BCUT2D eigenvalue weighted by Gasteiger charge is 2.16. The second-order valence-electron chi connectivity index (χ2n) is 8.14. The van der Waals surface area contributed by atoms with Gasteiger partial charge in [0.15, 0.2) is 5.82 Å². The maximum Gasteiger partial charge on any atom is 0.162 e. The third kappa shape index (κ3) is 4.64. The first-order chi connectivity index (χ1) is 15.3. The van der Waals surface area contributed by atoms with Gasteiger partial charge in [0.25, 0.3) is 0 Å². The lowest BCUT2D eigenvalue weighted by Gasteiger charge is -2.23. The van der Waals surface area contributed by atoms with Gasteiger partial charge >= 0.3 is 0 Å². The summed E-state index contributed by atoms with van der Waals surface area (Å²) in [4.78, 5) is 14.3. The van der Waals surface area contributed by atoms with E-state index in [1.807, 2.05) is 48.8 Å². The molecule has 0 spiro atoms. The first-order valence-electron chi connectivity index (χ1n) is 11.1. The van der Waals surface area contributed by atoms with Crippen LogP contribution in [0.4, 0.5) is 5.82 Å². The Hall–Kier alpha value is -3.53. The number of hydrogen-bond acceptors (Lipinski definition) is 4. The molecular formula is C27H26N4. The highest BCUT2D eigenvalue weighted by Crippen LogP contribution is 2.29. The lowest BCUT2D eigenvalue weighted by Crippen LogP contribution is -2.23. The van der Waals surface area contributed by atoms with Crippen molar-refractivity contribution in [2.45, 2.75) is 38.1 Å². The Morgan fingerprint density at radius 2 is 1.32 bits per heavy atom. The molecule has 2 aromatic carbocycles. The standard InChI is InChI=1S/C27H26N4/c1-4-10-20(11-5-1)22-16-23(19-28-18-22)25-17-26(29-24-14-8-3-9-15-24)31-27(30-25)21-12-6-2-7-13-21/h1-2,4-7,10-13,16-19,24H,3,8-9,14-15H2,(H,29,30,31). The summed E-state index contributed by atoms with van der Waals surface area (Å²) < 4.78 is 0. The van der Waals surface area contributed by atoms with Gasteiger partial charge in [0.05, 0.1) is 5.69 Å². The molecule has 1 aliphatic rings. The number of benzene rings is 2. The van der Waals surface area contributed by atoms with Crippen LogP contribution in [0.5, 0.6) is 0 Å². The summed E-state index contributed by atoms with van der Waals surface area (Å²) in [6.07, 6.45) is 10.1. The molecule has 0 bridgehead atoms. The van der Waals surface area contributed by atoms with Crippen LogP contribution in [0.25, 0.3) is 33.8 Å². The molecule has 0 amide bonds. The lowest BCUT2D eigenvalue weighted by atomic mass is 9.95. The average Bonchev–Trinajstić information content (AvgIpc) is 2.86. The van der Waals surface area contributed by atoms with Gasteiger partial charge in [0.1, 0.15) is 5.82 Å². The minimum absolute atomic E-state index is 0.480. The lowest BCUT2D eigenvalue weighted by molar-refractivity contribution is 0.462. The largest absolute Gasteiger partial charge is 0.367 e. The van der Waals surface area contributed by atoms with Crippen molar-refractivity contribution in [3.63, 3.8) is 0 Å². The fourth-order valence-corrected chi connectivity index (χ4v) is 4.21. The monoisotopic (exact) mass is 406 g/mol. The number of aromatic nitrogens is 3. The number of anilines is 1. The van der Waals surface area contributed by atoms with Crippen LogP contribution in [0.1, 0.15) is 32.1 Å². The van der Waals surface area contributed by atoms with Crippen LogP contribution in [-0.2, 0) is 0 Å². The van der Waals surface area contributed by atoms with E-state index >= 15 is 0 Å². The molecule has 0 atom stereocenters. The highest BCUT2D eigenvalue weighted by atomic mass is 15.1. The highest BCUT2D eigenvalue weighted by molar-refractivity contribution is 5.72. The molecule has 31 heavy (non-hydrogen) atoms. The molecule has 0 unspecified atom stereocenters. The Morgan fingerprint density at radius 3 is 2.06 bits per heavy atom. The van der Waals surface area contributed by atoms with Crippen LogP contribution in [0, 0.1) is 0 Å². The third-order valence-electron chi connectivity index (χ3n) is 5.86. The van der Waals surface area contributed by atoms with E-state index in [-0.39, 0.29) is 0 Å². The van der Waals surface area contributed by atoms with Gasteiger partial charge in [-0.1, -0.05) is 79.9 Å². The fourth-order valence-electron chi connectivity index (χ4n) is 4.21. The first-order valence-corrected chi connectivity index (χ1v) is 11.1. The SMILES string of the molecule is c1ccc(-c2cncc(-c3cc(NC4CCCCC4)nc(-c4ccccc4)n3)c2)cc1. The van der Waals surface area contributed by atoms with Crippen molar-refractivity contribution in [3.05, 3.63) is 85.2 Å². The van der Waals surface area contributed by atoms with E-state index in [0.29, 0.717) is 6.04 Å². The summed E-state index contributed by atoms with van der Waals surface area (Å²) in [6, 6.07) is 25.2. The van der Waals surface area contributed by atoms with E-state index in [0.717, 1.165) is 39.6 Å². The zero-order valence-electron chi connectivity index (χ0n) is 17.5. The van der Waals surface area contributed by atoms with E-state index in [1.54, 1.807) is 0 Å².